The average Bonchev–Trinajstić information content (AvgIpc) is 3.37. The number of aryl methyl sites for hydroxylation is 1. The number of fused-ring (bicyclic) bond motifs is 3. The van der Waals surface area contributed by atoms with Crippen molar-refractivity contribution < 1.29 is 9.53 Å². The molecule has 4 aromatic rings. The lowest BCUT2D eigenvalue weighted by Gasteiger charge is -2.40. The smallest absolute Gasteiger partial charge is 0.259 e. The van der Waals surface area contributed by atoms with Crippen LogP contribution in [0.3, 0.4) is 0 Å². The third-order valence-corrected chi connectivity index (χ3v) is 8.30. The van der Waals surface area contributed by atoms with E-state index in [2.05, 4.69) is 26.9 Å². The SMILES string of the molecule is Cc1cc2[nH]c(=O)c3cnn(C4CCOCC4)c3c2cc1C(=O)N1CCN(Cc2ccncc2Cl)[C@@H](C)C1. The van der Waals surface area contributed by atoms with E-state index in [9.17, 15) is 9.59 Å². The zero-order valence-electron chi connectivity index (χ0n) is 21.6. The number of hydrogen-bond donors (Lipinski definition) is 1. The van der Waals surface area contributed by atoms with Crippen molar-refractivity contribution in [1.29, 1.82) is 0 Å². The number of hydrogen-bond acceptors (Lipinski definition) is 6. The summed E-state index contributed by atoms with van der Waals surface area (Å²) < 4.78 is 7.50. The minimum absolute atomic E-state index is 0.00863. The second kappa shape index (κ2) is 10.1. The lowest BCUT2D eigenvalue weighted by Crippen LogP contribution is -2.53. The number of aromatic amines is 1. The van der Waals surface area contributed by atoms with Crippen LogP contribution in [0.25, 0.3) is 21.8 Å². The molecule has 2 saturated heterocycles. The molecule has 1 atom stereocenters. The second-order valence-corrected chi connectivity index (χ2v) is 10.8. The molecule has 0 aliphatic carbocycles. The summed E-state index contributed by atoms with van der Waals surface area (Å²) in [6, 6.07) is 6.14. The van der Waals surface area contributed by atoms with Gasteiger partial charge in [-0.1, -0.05) is 11.6 Å². The first-order chi connectivity index (χ1) is 18.4. The van der Waals surface area contributed by atoms with E-state index in [0.29, 0.717) is 42.3 Å². The molecule has 10 heteroatoms. The Morgan fingerprint density at radius 2 is 2.00 bits per heavy atom. The summed E-state index contributed by atoms with van der Waals surface area (Å²) in [7, 11) is 0. The fourth-order valence-corrected chi connectivity index (χ4v) is 5.95. The summed E-state index contributed by atoms with van der Waals surface area (Å²) in [5.74, 6) is 0.00863. The van der Waals surface area contributed by atoms with Crippen molar-refractivity contribution in [2.75, 3.05) is 32.8 Å². The number of pyridine rings is 2. The summed E-state index contributed by atoms with van der Waals surface area (Å²) in [4.78, 5) is 38.0. The molecule has 198 valence electrons. The van der Waals surface area contributed by atoms with Crippen LogP contribution >= 0.6 is 11.6 Å². The quantitative estimate of drug-likeness (QED) is 0.426. The van der Waals surface area contributed by atoms with Crippen molar-refractivity contribution in [3.63, 3.8) is 0 Å². The molecule has 0 saturated carbocycles. The van der Waals surface area contributed by atoms with Gasteiger partial charge in [-0.2, -0.15) is 5.10 Å². The maximum Gasteiger partial charge on any atom is 0.259 e. The third-order valence-electron chi connectivity index (χ3n) is 7.96. The molecule has 2 fully saturated rings. The van der Waals surface area contributed by atoms with Crippen LogP contribution in [0.5, 0.6) is 0 Å². The molecule has 1 aromatic carbocycles. The number of benzene rings is 1. The number of aromatic nitrogens is 4. The predicted molar refractivity (Wildman–Crippen MR) is 147 cm³/mol. The van der Waals surface area contributed by atoms with E-state index in [-0.39, 0.29) is 23.6 Å². The fourth-order valence-electron chi connectivity index (χ4n) is 5.77. The Balaban J connectivity index is 1.31. The largest absolute Gasteiger partial charge is 0.381 e. The fraction of sp³-hybridized carbons (Fsp3) is 0.429. The molecule has 2 aliphatic rings. The second-order valence-electron chi connectivity index (χ2n) is 10.4. The lowest BCUT2D eigenvalue weighted by molar-refractivity contribution is 0.0495. The molecule has 1 amide bonds. The van der Waals surface area contributed by atoms with E-state index in [1.54, 1.807) is 18.6 Å². The molecule has 6 rings (SSSR count). The van der Waals surface area contributed by atoms with E-state index in [0.717, 1.165) is 53.5 Å². The maximum absolute atomic E-state index is 13.8. The van der Waals surface area contributed by atoms with Crippen molar-refractivity contribution in [3.05, 3.63) is 68.9 Å². The first-order valence-electron chi connectivity index (χ1n) is 13.1. The molecular formula is C28H31ClN6O3. The van der Waals surface area contributed by atoms with Gasteiger partial charge in [0.2, 0.25) is 0 Å². The number of amides is 1. The number of carbonyl (C=O) groups is 1. The van der Waals surface area contributed by atoms with Crippen molar-refractivity contribution in [3.8, 4) is 0 Å². The normalized spacial score (nSPS) is 19.4. The lowest BCUT2D eigenvalue weighted by atomic mass is 10.0. The molecule has 0 bridgehead atoms. The molecule has 3 aromatic heterocycles. The molecule has 0 unspecified atom stereocenters. The number of rotatable bonds is 4. The molecule has 0 spiro atoms. The topological polar surface area (TPSA) is 96.3 Å². The van der Waals surface area contributed by atoms with Crippen LogP contribution in [-0.4, -0.2) is 74.3 Å². The number of carbonyl (C=O) groups excluding carboxylic acids is 1. The Morgan fingerprint density at radius 3 is 2.76 bits per heavy atom. The Bertz CT molecular complexity index is 1570. The van der Waals surface area contributed by atoms with Gasteiger partial charge < -0.3 is 14.6 Å². The first-order valence-corrected chi connectivity index (χ1v) is 13.5. The van der Waals surface area contributed by atoms with Crippen molar-refractivity contribution in [1.82, 2.24) is 29.5 Å². The van der Waals surface area contributed by atoms with Crippen LogP contribution in [0.1, 0.15) is 47.3 Å². The number of nitrogens with one attached hydrogen (secondary N) is 1. The van der Waals surface area contributed by atoms with Gasteiger partial charge in [0.1, 0.15) is 0 Å². The van der Waals surface area contributed by atoms with Crippen LogP contribution in [0.4, 0.5) is 0 Å². The van der Waals surface area contributed by atoms with E-state index in [1.807, 2.05) is 34.7 Å². The van der Waals surface area contributed by atoms with Gasteiger partial charge in [-0.15, -0.1) is 0 Å². The Morgan fingerprint density at radius 1 is 1.18 bits per heavy atom. The van der Waals surface area contributed by atoms with Gasteiger partial charge in [0, 0.05) is 68.8 Å². The summed E-state index contributed by atoms with van der Waals surface area (Å²) in [5, 5.41) is 6.65. The highest BCUT2D eigenvalue weighted by Crippen LogP contribution is 2.30. The monoisotopic (exact) mass is 534 g/mol. The van der Waals surface area contributed by atoms with Crippen LogP contribution in [0, 0.1) is 6.92 Å². The average molecular weight is 535 g/mol. The van der Waals surface area contributed by atoms with Crippen LogP contribution < -0.4 is 5.56 Å². The minimum atomic E-state index is -0.163. The predicted octanol–water partition coefficient (Wildman–Crippen LogP) is 3.93. The maximum atomic E-state index is 13.8. The highest BCUT2D eigenvalue weighted by molar-refractivity contribution is 6.31. The number of piperazine rings is 1. The van der Waals surface area contributed by atoms with E-state index in [1.165, 1.54) is 0 Å². The molecule has 9 nitrogen and oxygen atoms in total. The zero-order chi connectivity index (χ0) is 26.4. The molecular weight excluding hydrogens is 504 g/mol. The van der Waals surface area contributed by atoms with Gasteiger partial charge in [-0.25, -0.2) is 0 Å². The van der Waals surface area contributed by atoms with Gasteiger partial charge in [0.15, 0.2) is 0 Å². The molecule has 38 heavy (non-hydrogen) atoms. The van der Waals surface area contributed by atoms with Gasteiger partial charge in [-0.05, 0) is 56.0 Å². The number of halogens is 1. The van der Waals surface area contributed by atoms with Crippen LogP contribution in [0.15, 0.2) is 41.6 Å². The molecule has 0 radical (unpaired) electrons. The van der Waals surface area contributed by atoms with Crippen molar-refractivity contribution >= 4 is 39.3 Å². The first kappa shape index (κ1) is 25.0. The summed E-state index contributed by atoms with van der Waals surface area (Å²) in [6.45, 7) is 8.15. The number of ether oxygens (including phenoxy) is 1. The van der Waals surface area contributed by atoms with E-state index in [4.69, 9.17) is 16.3 Å². The van der Waals surface area contributed by atoms with Gasteiger partial charge in [-0.3, -0.25) is 24.2 Å². The summed E-state index contributed by atoms with van der Waals surface area (Å²) in [6.07, 6.45) is 6.75. The molecule has 1 N–H and O–H groups in total. The zero-order valence-corrected chi connectivity index (χ0v) is 22.4. The van der Waals surface area contributed by atoms with Crippen LogP contribution in [-0.2, 0) is 11.3 Å². The third kappa shape index (κ3) is 4.48. The Labute approximate surface area is 225 Å². The standard InChI is InChI=1S/C28H31ClN6O3/c1-17-11-25-22(26-23(27(36)32-25)13-31-35(26)20-4-9-38-10-5-20)12-21(17)28(37)34-8-7-33(18(2)15-34)16-19-3-6-30-14-24(19)29/h3,6,11-14,18,20H,4-5,7-10,15-16H2,1-2H3,(H,32,36)/t18-/m0/s1. The Hall–Kier alpha value is -3.27. The van der Waals surface area contributed by atoms with E-state index >= 15 is 0 Å². The van der Waals surface area contributed by atoms with Crippen molar-refractivity contribution in [2.24, 2.45) is 0 Å². The van der Waals surface area contributed by atoms with Crippen LogP contribution in [0.2, 0.25) is 5.02 Å². The van der Waals surface area contributed by atoms with Crippen molar-refractivity contribution in [2.45, 2.75) is 45.3 Å². The summed E-state index contributed by atoms with van der Waals surface area (Å²) >= 11 is 6.33. The highest BCUT2D eigenvalue weighted by atomic mass is 35.5. The number of nitrogens with zero attached hydrogens (tertiary/aromatic N) is 5. The minimum Gasteiger partial charge on any atom is -0.381 e. The molecule has 5 heterocycles. The van der Waals surface area contributed by atoms with Gasteiger partial charge in [0.25, 0.3) is 11.5 Å². The molecule has 2 aliphatic heterocycles. The van der Waals surface area contributed by atoms with Gasteiger partial charge in [0.05, 0.1) is 33.7 Å². The Kier molecular flexibility index (Phi) is 6.67. The number of H-pyrrole nitrogens is 1. The summed E-state index contributed by atoms with van der Waals surface area (Å²) in [5.41, 5.74) is 3.88. The van der Waals surface area contributed by atoms with E-state index < -0.39 is 0 Å². The van der Waals surface area contributed by atoms with Gasteiger partial charge >= 0.3 is 0 Å². The highest BCUT2D eigenvalue weighted by Gasteiger charge is 2.29.